The number of nitrogens with one attached hydrogen (secondary N) is 1. The van der Waals surface area contributed by atoms with Gasteiger partial charge in [0.05, 0.1) is 6.26 Å². The van der Waals surface area contributed by atoms with Crippen LogP contribution >= 0.6 is 0 Å². The summed E-state index contributed by atoms with van der Waals surface area (Å²) >= 11 is 0. The van der Waals surface area contributed by atoms with Crippen molar-refractivity contribution in [2.75, 3.05) is 11.0 Å². The molecule has 8 heteroatoms. The molecule has 5 nitrogen and oxygen atoms in total. The van der Waals surface area contributed by atoms with E-state index in [2.05, 4.69) is 0 Å². The Morgan fingerprint density at radius 1 is 1.41 bits per heavy atom. The zero-order valence-corrected chi connectivity index (χ0v) is 9.76. The largest absolute Gasteiger partial charge is 0.378 e. The number of hydrogen-bond acceptors (Lipinski definition) is 4. The molecule has 0 bridgehead atoms. The summed E-state index contributed by atoms with van der Waals surface area (Å²) in [5.41, 5.74) is 4.45. The number of benzene rings is 1. The Labute approximate surface area is 97.3 Å². The Bertz CT molecular complexity index is 494. The number of nitrogens with two attached hydrogens (primary N) is 1. The molecule has 17 heavy (non-hydrogen) atoms. The van der Waals surface area contributed by atoms with Gasteiger partial charge in [-0.1, -0.05) is 0 Å². The van der Waals surface area contributed by atoms with E-state index in [0.29, 0.717) is 0 Å². The highest BCUT2D eigenvalue weighted by Gasteiger charge is 2.15. The lowest BCUT2D eigenvalue weighted by atomic mass is 10.1. The molecule has 0 radical (unpaired) electrons. The molecule has 0 aromatic heterocycles. The quantitative estimate of drug-likeness (QED) is 0.677. The fourth-order valence-corrected chi connectivity index (χ4v) is 1.83. The molecule has 1 atom stereocenters. The molecule has 0 spiro atoms. The van der Waals surface area contributed by atoms with Crippen molar-refractivity contribution in [3.05, 3.63) is 29.3 Å². The van der Waals surface area contributed by atoms with Crippen LogP contribution in [0.2, 0.25) is 0 Å². The molecule has 0 aliphatic carbocycles. The molecule has 96 valence electrons. The molecule has 1 unspecified atom stereocenters. The molecule has 1 aromatic rings. The zero-order valence-electron chi connectivity index (χ0n) is 8.94. The predicted octanol–water partition coefficient (Wildman–Crippen LogP) is 0.156. The first-order valence-corrected chi connectivity index (χ1v) is 6.47. The second kappa shape index (κ2) is 4.94. The van der Waals surface area contributed by atoms with Crippen LogP contribution in [-0.4, -0.2) is 26.0 Å². The third-order valence-electron chi connectivity index (χ3n) is 1.83. The Morgan fingerprint density at radius 3 is 2.24 bits per heavy atom. The highest BCUT2D eigenvalue weighted by Crippen LogP contribution is 2.22. The van der Waals surface area contributed by atoms with Gasteiger partial charge in [0.1, 0.15) is 11.9 Å². The van der Waals surface area contributed by atoms with Crippen LogP contribution in [0.4, 0.5) is 14.5 Å². The minimum absolute atomic E-state index is 0.132. The number of sulfonamides is 1. The minimum Gasteiger partial charge on any atom is -0.378 e. The van der Waals surface area contributed by atoms with E-state index in [1.165, 1.54) is 0 Å². The highest BCUT2D eigenvalue weighted by atomic mass is 32.2. The molecular formula is C9H12F2N2O3S. The van der Waals surface area contributed by atoms with Crippen LogP contribution in [0.5, 0.6) is 0 Å². The lowest BCUT2D eigenvalue weighted by Crippen LogP contribution is -2.22. The molecule has 1 rings (SSSR count). The van der Waals surface area contributed by atoms with Crippen LogP contribution in [0, 0.1) is 11.6 Å². The summed E-state index contributed by atoms with van der Waals surface area (Å²) in [5.74, 6) is -2.13. The van der Waals surface area contributed by atoms with Crippen molar-refractivity contribution in [3.8, 4) is 0 Å². The van der Waals surface area contributed by atoms with Crippen molar-refractivity contribution in [1.29, 1.82) is 0 Å². The number of hydrogen-bond donors (Lipinski definition) is 3. The van der Waals surface area contributed by atoms with E-state index in [-0.39, 0.29) is 12.0 Å². The number of aliphatic hydroxyl groups excluding tert-OH is 1. The average molecular weight is 266 g/mol. The van der Waals surface area contributed by atoms with Gasteiger partial charge < -0.3 is 10.8 Å². The molecule has 0 heterocycles. The second-order valence-corrected chi connectivity index (χ2v) is 5.33. The van der Waals surface area contributed by atoms with E-state index < -0.39 is 33.6 Å². The number of anilines is 1. The third-order valence-corrected chi connectivity index (χ3v) is 2.41. The smallest absolute Gasteiger partial charge is 0.230 e. The van der Waals surface area contributed by atoms with Gasteiger partial charge in [-0.05, 0) is 17.7 Å². The summed E-state index contributed by atoms with van der Waals surface area (Å²) < 4.78 is 50.3. The maximum absolute atomic E-state index is 13.4. The van der Waals surface area contributed by atoms with Crippen molar-refractivity contribution < 1.29 is 22.3 Å². The molecule has 1 aromatic carbocycles. The standard InChI is InChI=1S/C9H12F2N2O3S/c1-17(15,16)13-9-6(10)2-5(3-7(9)11)4-8(12)14/h2-3,8,13-14H,4,12H2,1H3. The van der Waals surface area contributed by atoms with Crippen LogP contribution in [0.15, 0.2) is 12.1 Å². The summed E-state index contributed by atoms with van der Waals surface area (Å²) in [7, 11) is -3.76. The molecule has 4 N–H and O–H groups in total. The topological polar surface area (TPSA) is 92.4 Å². The number of rotatable bonds is 4. The SMILES string of the molecule is CS(=O)(=O)Nc1c(F)cc(CC(N)O)cc1F. The van der Waals surface area contributed by atoms with Gasteiger partial charge >= 0.3 is 0 Å². The summed E-state index contributed by atoms with van der Waals surface area (Å²) in [4.78, 5) is 0. The molecular weight excluding hydrogens is 254 g/mol. The first kappa shape index (κ1) is 13.8. The molecule has 0 saturated carbocycles. The van der Waals surface area contributed by atoms with Crippen molar-refractivity contribution in [1.82, 2.24) is 0 Å². The van der Waals surface area contributed by atoms with Crippen LogP contribution in [0.1, 0.15) is 5.56 Å². The normalized spacial score (nSPS) is 13.5. The van der Waals surface area contributed by atoms with Gasteiger partial charge in [0, 0.05) is 6.42 Å². The molecule has 0 amide bonds. The summed E-state index contributed by atoms with van der Waals surface area (Å²) in [5, 5.41) is 8.86. The summed E-state index contributed by atoms with van der Waals surface area (Å²) in [6.45, 7) is 0. The van der Waals surface area contributed by atoms with E-state index in [4.69, 9.17) is 10.8 Å². The second-order valence-electron chi connectivity index (χ2n) is 3.58. The van der Waals surface area contributed by atoms with Gasteiger partial charge in [-0.15, -0.1) is 0 Å². The maximum atomic E-state index is 13.4. The van der Waals surface area contributed by atoms with Crippen LogP contribution < -0.4 is 10.5 Å². The Hall–Kier alpha value is -1.25. The van der Waals surface area contributed by atoms with E-state index in [0.717, 1.165) is 18.4 Å². The van der Waals surface area contributed by atoms with Gasteiger partial charge in [-0.25, -0.2) is 17.2 Å². The van der Waals surface area contributed by atoms with Crippen molar-refractivity contribution in [2.45, 2.75) is 12.6 Å². The van der Waals surface area contributed by atoms with Gasteiger partial charge in [0.2, 0.25) is 10.0 Å². The maximum Gasteiger partial charge on any atom is 0.230 e. The molecule has 0 saturated heterocycles. The Morgan fingerprint density at radius 2 is 1.88 bits per heavy atom. The van der Waals surface area contributed by atoms with Crippen molar-refractivity contribution in [2.24, 2.45) is 5.73 Å². The van der Waals surface area contributed by atoms with Crippen LogP contribution in [0.25, 0.3) is 0 Å². The van der Waals surface area contributed by atoms with E-state index in [9.17, 15) is 17.2 Å². The highest BCUT2D eigenvalue weighted by molar-refractivity contribution is 7.92. The Balaban J connectivity index is 3.11. The van der Waals surface area contributed by atoms with Crippen LogP contribution in [-0.2, 0) is 16.4 Å². The molecule has 0 fully saturated rings. The third kappa shape index (κ3) is 4.25. The first-order chi connectivity index (χ1) is 7.69. The Kier molecular flexibility index (Phi) is 4.02. The average Bonchev–Trinajstić information content (AvgIpc) is 2.08. The van der Waals surface area contributed by atoms with Crippen molar-refractivity contribution >= 4 is 15.7 Å². The van der Waals surface area contributed by atoms with Gasteiger partial charge in [0.15, 0.2) is 11.6 Å². The van der Waals surface area contributed by atoms with E-state index >= 15 is 0 Å². The number of aliphatic hydroxyl groups is 1. The summed E-state index contributed by atoms with van der Waals surface area (Å²) in [6, 6.07) is 1.82. The van der Waals surface area contributed by atoms with Gasteiger partial charge in [-0.2, -0.15) is 0 Å². The minimum atomic E-state index is -3.76. The monoisotopic (exact) mass is 266 g/mol. The van der Waals surface area contributed by atoms with Gasteiger partial charge in [-0.3, -0.25) is 4.72 Å². The molecule has 0 aliphatic heterocycles. The van der Waals surface area contributed by atoms with Gasteiger partial charge in [0.25, 0.3) is 0 Å². The lowest BCUT2D eigenvalue weighted by molar-refractivity contribution is 0.182. The fraction of sp³-hybridized carbons (Fsp3) is 0.333. The fourth-order valence-electron chi connectivity index (χ4n) is 1.27. The lowest BCUT2D eigenvalue weighted by Gasteiger charge is -2.10. The summed E-state index contributed by atoms with van der Waals surface area (Å²) in [6.07, 6.45) is -0.585. The zero-order chi connectivity index (χ0) is 13.2. The predicted molar refractivity (Wildman–Crippen MR) is 58.7 cm³/mol. The van der Waals surface area contributed by atoms with E-state index in [1.54, 1.807) is 4.72 Å². The number of halogens is 2. The van der Waals surface area contributed by atoms with E-state index in [1.807, 2.05) is 0 Å². The molecule has 0 aliphatic rings. The van der Waals surface area contributed by atoms with Crippen LogP contribution in [0.3, 0.4) is 0 Å². The first-order valence-electron chi connectivity index (χ1n) is 4.58. The van der Waals surface area contributed by atoms with Crippen molar-refractivity contribution in [3.63, 3.8) is 0 Å².